The summed E-state index contributed by atoms with van der Waals surface area (Å²) >= 11 is 0. The molecule has 2 rings (SSSR count). The zero-order valence-corrected chi connectivity index (χ0v) is 12.2. The summed E-state index contributed by atoms with van der Waals surface area (Å²) in [6, 6.07) is 0. The Balaban J connectivity index is 2.00. The van der Waals surface area contributed by atoms with Gasteiger partial charge in [0.25, 0.3) is 0 Å². The Bertz CT molecular complexity index is 397. The number of rotatable bonds is 5. The van der Waals surface area contributed by atoms with Gasteiger partial charge in [0, 0.05) is 20.1 Å². The van der Waals surface area contributed by atoms with E-state index in [2.05, 4.69) is 24.0 Å². The molecule has 0 spiro atoms. The van der Waals surface area contributed by atoms with Crippen LogP contribution in [0.15, 0.2) is 4.52 Å². The molecule has 1 unspecified atom stereocenters. The van der Waals surface area contributed by atoms with Crippen LogP contribution in [0.3, 0.4) is 0 Å². The molecule has 0 amide bonds. The zero-order valence-electron chi connectivity index (χ0n) is 12.2. The largest absolute Gasteiger partial charge is 0.384 e. The fourth-order valence-corrected chi connectivity index (χ4v) is 2.68. The first-order valence-corrected chi connectivity index (χ1v) is 7.14. The highest BCUT2D eigenvalue weighted by atomic mass is 16.5. The van der Waals surface area contributed by atoms with Crippen LogP contribution in [0.1, 0.15) is 51.2 Å². The predicted octanol–water partition coefficient (Wildman–Crippen LogP) is 2.26. The lowest BCUT2D eigenvalue weighted by Crippen LogP contribution is -2.41. The molecule has 1 atom stereocenters. The number of methoxy groups -OCH3 is 1. The summed E-state index contributed by atoms with van der Waals surface area (Å²) < 4.78 is 10.4. The molecule has 1 aromatic heterocycles. The van der Waals surface area contributed by atoms with E-state index in [-0.39, 0.29) is 0 Å². The fraction of sp³-hybridized carbons (Fsp3) is 0.857. The Morgan fingerprint density at radius 2 is 2.16 bits per heavy atom. The van der Waals surface area contributed by atoms with E-state index in [1.165, 1.54) is 0 Å². The molecule has 1 fully saturated rings. The highest BCUT2D eigenvalue weighted by Gasteiger charge is 2.36. The lowest BCUT2D eigenvalue weighted by Gasteiger charge is -2.33. The van der Waals surface area contributed by atoms with Crippen molar-refractivity contribution in [3.8, 4) is 0 Å². The maximum atomic E-state index is 6.44. The smallest absolute Gasteiger partial charge is 0.227 e. The van der Waals surface area contributed by atoms with E-state index in [1.807, 2.05) is 0 Å². The third-order valence-corrected chi connectivity index (χ3v) is 4.05. The minimum atomic E-state index is -0.390. The van der Waals surface area contributed by atoms with Gasteiger partial charge in [-0.2, -0.15) is 4.98 Å². The molecule has 5 nitrogen and oxygen atoms in total. The number of ether oxygens (including phenoxy) is 1. The molecule has 0 bridgehead atoms. The number of hydrogen-bond donors (Lipinski definition) is 1. The maximum absolute atomic E-state index is 6.44. The van der Waals surface area contributed by atoms with Gasteiger partial charge in [-0.25, -0.2) is 0 Å². The number of nitrogens with two attached hydrogens (primary N) is 1. The van der Waals surface area contributed by atoms with Gasteiger partial charge in [-0.05, 0) is 37.5 Å². The van der Waals surface area contributed by atoms with Crippen LogP contribution in [0, 0.1) is 11.8 Å². The van der Waals surface area contributed by atoms with Crippen LogP contribution >= 0.6 is 0 Å². The first-order chi connectivity index (χ1) is 9.03. The van der Waals surface area contributed by atoms with Crippen molar-refractivity contribution in [2.75, 3.05) is 13.7 Å². The summed E-state index contributed by atoms with van der Waals surface area (Å²) in [5.41, 5.74) is 6.05. The Hall–Kier alpha value is -0.940. The van der Waals surface area contributed by atoms with Gasteiger partial charge in [-0.3, -0.25) is 0 Å². The SMILES string of the molecule is COCC(C)Cc1nc(C2(N)CCC(C)CC2)no1. The van der Waals surface area contributed by atoms with Gasteiger partial charge < -0.3 is 15.0 Å². The molecule has 1 aromatic rings. The lowest BCUT2D eigenvalue weighted by atomic mass is 9.77. The number of hydrogen-bond acceptors (Lipinski definition) is 5. The lowest BCUT2D eigenvalue weighted by molar-refractivity contribution is 0.154. The fourth-order valence-electron chi connectivity index (χ4n) is 2.68. The van der Waals surface area contributed by atoms with Crippen molar-refractivity contribution < 1.29 is 9.26 Å². The van der Waals surface area contributed by atoms with Crippen LogP contribution in [0.4, 0.5) is 0 Å². The third kappa shape index (κ3) is 3.54. The van der Waals surface area contributed by atoms with Crippen LogP contribution in [0.25, 0.3) is 0 Å². The molecule has 0 aliphatic heterocycles. The summed E-state index contributed by atoms with van der Waals surface area (Å²) in [4.78, 5) is 4.49. The van der Waals surface area contributed by atoms with E-state index in [0.29, 0.717) is 24.2 Å². The third-order valence-electron chi connectivity index (χ3n) is 4.05. The number of nitrogens with zero attached hydrogens (tertiary/aromatic N) is 2. The van der Waals surface area contributed by atoms with Crippen molar-refractivity contribution in [1.82, 2.24) is 10.1 Å². The van der Waals surface area contributed by atoms with Crippen molar-refractivity contribution in [1.29, 1.82) is 0 Å². The highest BCUT2D eigenvalue weighted by Crippen LogP contribution is 2.35. The first-order valence-electron chi connectivity index (χ1n) is 7.14. The normalized spacial score (nSPS) is 29.4. The second-order valence-electron chi connectivity index (χ2n) is 6.12. The molecule has 2 N–H and O–H groups in total. The van der Waals surface area contributed by atoms with Crippen LogP contribution in [-0.2, 0) is 16.7 Å². The summed E-state index contributed by atoms with van der Waals surface area (Å²) in [7, 11) is 1.70. The van der Waals surface area contributed by atoms with Crippen molar-refractivity contribution in [3.05, 3.63) is 11.7 Å². The minimum Gasteiger partial charge on any atom is -0.384 e. The van der Waals surface area contributed by atoms with E-state index in [0.717, 1.165) is 38.0 Å². The Kier molecular flexibility index (Phi) is 4.58. The number of aromatic nitrogens is 2. The van der Waals surface area contributed by atoms with E-state index in [4.69, 9.17) is 15.0 Å². The Morgan fingerprint density at radius 3 is 2.79 bits per heavy atom. The van der Waals surface area contributed by atoms with Gasteiger partial charge in [0.05, 0.1) is 5.54 Å². The predicted molar refractivity (Wildman–Crippen MR) is 72.5 cm³/mol. The second-order valence-corrected chi connectivity index (χ2v) is 6.12. The van der Waals surface area contributed by atoms with Crippen molar-refractivity contribution in [2.45, 2.75) is 51.5 Å². The van der Waals surface area contributed by atoms with Crippen LogP contribution in [0.5, 0.6) is 0 Å². The van der Waals surface area contributed by atoms with Crippen LogP contribution in [0.2, 0.25) is 0 Å². The van der Waals surface area contributed by atoms with Crippen molar-refractivity contribution in [3.63, 3.8) is 0 Å². The minimum absolute atomic E-state index is 0.374. The van der Waals surface area contributed by atoms with Crippen LogP contribution < -0.4 is 5.73 Å². The molecule has 1 saturated carbocycles. The molecule has 0 aromatic carbocycles. The van der Waals surface area contributed by atoms with Crippen molar-refractivity contribution >= 4 is 0 Å². The standard InChI is InChI=1S/C14H25N3O2/c1-10-4-6-14(15,7-5-10)13-16-12(19-17-13)8-11(2)9-18-3/h10-11H,4-9,15H2,1-3H3. The summed E-state index contributed by atoms with van der Waals surface area (Å²) in [6.45, 7) is 5.07. The highest BCUT2D eigenvalue weighted by molar-refractivity contribution is 5.06. The monoisotopic (exact) mass is 267 g/mol. The zero-order chi connectivity index (χ0) is 13.9. The van der Waals surface area contributed by atoms with Crippen molar-refractivity contribution in [2.24, 2.45) is 17.6 Å². The topological polar surface area (TPSA) is 74.2 Å². The Labute approximate surface area is 114 Å². The summed E-state index contributed by atoms with van der Waals surface area (Å²) in [5, 5.41) is 4.10. The van der Waals surface area contributed by atoms with E-state index < -0.39 is 5.54 Å². The van der Waals surface area contributed by atoms with Gasteiger partial charge in [0.2, 0.25) is 5.89 Å². The van der Waals surface area contributed by atoms with E-state index in [9.17, 15) is 0 Å². The molecule has 0 radical (unpaired) electrons. The van der Waals surface area contributed by atoms with Crippen LogP contribution in [-0.4, -0.2) is 23.9 Å². The molecule has 1 aliphatic rings. The Morgan fingerprint density at radius 1 is 1.47 bits per heavy atom. The van der Waals surface area contributed by atoms with Gasteiger partial charge >= 0.3 is 0 Å². The van der Waals surface area contributed by atoms with E-state index >= 15 is 0 Å². The van der Waals surface area contributed by atoms with Gasteiger partial charge in [-0.15, -0.1) is 0 Å². The first kappa shape index (κ1) is 14.5. The molecule has 0 saturated heterocycles. The summed E-state index contributed by atoms with van der Waals surface area (Å²) in [5.74, 6) is 2.48. The molecule has 1 aliphatic carbocycles. The summed E-state index contributed by atoms with van der Waals surface area (Å²) in [6.07, 6.45) is 4.91. The second kappa shape index (κ2) is 6.01. The van der Waals surface area contributed by atoms with E-state index in [1.54, 1.807) is 7.11 Å². The quantitative estimate of drug-likeness (QED) is 0.885. The van der Waals surface area contributed by atoms with Gasteiger partial charge in [-0.1, -0.05) is 19.0 Å². The molecule has 108 valence electrons. The molecule has 19 heavy (non-hydrogen) atoms. The molecular weight excluding hydrogens is 242 g/mol. The maximum Gasteiger partial charge on any atom is 0.227 e. The van der Waals surface area contributed by atoms with Gasteiger partial charge in [0.1, 0.15) is 0 Å². The average molecular weight is 267 g/mol. The molecule has 1 heterocycles. The average Bonchev–Trinajstić information content (AvgIpc) is 2.82. The molecule has 5 heteroatoms. The van der Waals surface area contributed by atoms with Gasteiger partial charge in [0.15, 0.2) is 5.82 Å². The molecular formula is C14H25N3O2.